The number of aryl methyl sites for hydroxylation is 3. The first-order valence-electron chi connectivity index (χ1n) is 8.06. The number of ether oxygens (including phenoxy) is 1. The molecule has 0 spiro atoms. The molecule has 0 aliphatic carbocycles. The Labute approximate surface area is 143 Å². The van der Waals surface area contributed by atoms with Crippen LogP contribution in [0.15, 0.2) is 18.2 Å². The molecule has 0 aliphatic rings. The van der Waals surface area contributed by atoms with Crippen LogP contribution >= 0.6 is 0 Å². The highest BCUT2D eigenvalue weighted by molar-refractivity contribution is 5.90. The molecule has 1 aromatic carbocycles. The SMILES string of the molecule is COCCn1nc(C)c(CNC(=O)Nc2cc(C)ccc2C)c1C. The largest absolute Gasteiger partial charge is 0.383 e. The highest BCUT2D eigenvalue weighted by Gasteiger charge is 2.12. The maximum Gasteiger partial charge on any atom is 0.319 e. The second-order valence-corrected chi connectivity index (χ2v) is 5.99. The first-order valence-corrected chi connectivity index (χ1v) is 8.06. The third-order valence-corrected chi connectivity index (χ3v) is 4.11. The van der Waals surface area contributed by atoms with Gasteiger partial charge in [-0.05, 0) is 44.9 Å². The number of nitrogens with zero attached hydrogens (tertiary/aromatic N) is 2. The highest BCUT2D eigenvalue weighted by Crippen LogP contribution is 2.16. The molecule has 130 valence electrons. The third-order valence-electron chi connectivity index (χ3n) is 4.11. The van der Waals surface area contributed by atoms with E-state index in [2.05, 4.69) is 15.7 Å². The zero-order valence-electron chi connectivity index (χ0n) is 15.1. The van der Waals surface area contributed by atoms with Gasteiger partial charge in [0.25, 0.3) is 0 Å². The number of nitrogens with one attached hydrogen (secondary N) is 2. The predicted molar refractivity (Wildman–Crippen MR) is 95.4 cm³/mol. The average molecular weight is 330 g/mol. The summed E-state index contributed by atoms with van der Waals surface area (Å²) in [6.45, 7) is 9.71. The van der Waals surface area contributed by atoms with Gasteiger partial charge in [-0.2, -0.15) is 5.10 Å². The third kappa shape index (κ3) is 4.35. The molecule has 0 atom stereocenters. The molecule has 0 saturated heterocycles. The summed E-state index contributed by atoms with van der Waals surface area (Å²) in [5.74, 6) is 0. The molecule has 0 saturated carbocycles. The zero-order chi connectivity index (χ0) is 17.7. The van der Waals surface area contributed by atoms with Crippen LogP contribution in [0.5, 0.6) is 0 Å². The quantitative estimate of drug-likeness (QED) is 0.855. The summed E-state index contributed by atoms with van der Waals surface area (Å²) in [5.41, 5.74) is 6.00. The van der Waals surface area contributed by atoms with E-state index in [9.17, 15) is 4.79 Å². The van der Waals surface area contributed by atoms with Gasteiger partial charge in [0.2, 0.25) is 0 Å². The molecule has 2 rings (SSSR count). The summed E-state index contributed by atoms with van der Waals surface area (Å²) in [4.78, 5) is 12.2. The van der Waals surface area contributed by atoms with Gasteiger partial charge in [-0.1, -0.05) is 12.1 Å². The molecular weight excluding hydrogens is 304 g/mol. The van der Waals surface area contributed by atoms with Gasteiger partial charge in [-0.15, -0.1) is 0 Å². The lowest BCUT2D eigenvalue weighted by Crippen LogP contribution is -2.29. The van der Waals surface area contributed by atoms with Crippen LogP contribution in [0.3, 0.4) is 0 Å². The second-order valence-electron chi connectivity index (χ2n) is 5.99. The van der Waals surface area contributed by atoms with Crippen LogP contribution in [0.25, 0.3) is 0 Å². The van der Waals surface area contributed by atoms with Crippen molar-refractivity contribution in [3.05, 3.63) is 46.3 Å². The number of amides is 2. The fourth-order valence-electron chi connectivity index (χ4n) is 2.59. The molecule has 2 aromatic rings. The molecular formula is C18H26N4O2. The van der Waals surface area contributed by atoms with Crippen molar-refractivity contribution in [3.8, 4) is 0 Å². The molecule has 0 fully saturated rings. The lowest BCUT2D eigenvalue weighted by molar-refractivity contribution is 0.182. The molecule has 6 heteroatoms. The average Bonchev–Trinajstić information content (AvgIpc) is 2.81. The summed E-state index contributed by atoms with van der Waals surface area (Å²) < 4.78 is 7.01. The van der Waals surface area contributed by atoms with Crippen molar-refractivity contribution in [1.82, 2.24) is 15.1 Å². The number of urea groups is 1. The summed E-state index contributed by atoms with van der Waals surface area (Å²) in [6, 6.07) is 5.78. The van der Waals surface area contributed by atoms with Crippen molar-refractivity contribution in [2.45, 2.75) is 40.8 Å². The smallest absolute Gasteiger partial charge is 0.319 e. The second kappa shape index (κ2) is 7.97. The first kappa shape index (κ1) is 18.0. The van der Waals surface area contributed by atoms with Gasteiger partial charge in [-0.3, -0.25) is 4.68 Å². The summed E-state index contributed by atoms with van der Waals surface area (Å²) in [7, 11) is 1.67. The van der Waals surface area contributed by atoms with Gasteiger partial charge in [0.15, 0.2) is 0 Å². The van der Waals surface area contributed by atoms with Crippen molar-refractivity contribution >= 4 is 11.7 Å². The van der Waals surface area contributed by atoms with E-state index in [4.69, 9.17) is 4.74 Å². The van der Waals surface area contributed by atoms with Gasteiger partial charge in [-0.25, -0.2) is 4.79 Å². The number of methoxy groups -OCH3 is 1. The molecule has 0 bridgehead atoms. The van der Waals surface area contributed by atoms with E-state index in [1.165, 1.54) is 0 Å². The molecule has 0 radical (unpaired) electrons. The van der Waals surface area contributed by atoms with Crippen molar-refractivity contribution in [2.24, 2.45) is 0 Å². The van der Waals surface area contributed by atoms with Crippen LogP contribution in [0.4, 0.5) is 10.5 Å². The van der Waals surface area contributed by atoms with E-state index < -0.39 is 0 Å². The van der Waals surface area contributed by atoms with E-state index in [-0.39, 0.29) is 6.03 Å². The van der Waals surface area contributed by atoms with Crippen molar-refractivity contribution in [1.29, 1.82) is 0 Å². The molecule has 2 amide bonds. The van der Waals surface area contributed by atoms with Crippen LogP contribution in [0, 0.1) is 27.7 Å². The Bertz CT molecular complexity index is 722. The molecule has 1 heterocycles. The topological polar surface area (TPSA) is 68.2 Å². The molecule has 24 heavy (non-hydrogen) atoms. The number of hydrogen-bond donors (Lipinski definition) is 2. The Kier molecular flexibility index (Phi) is 5.98. The van der Waals surface area contributed by atoms with E-state index in [1.54, 1.807) is 7.11 Å². The fraction of sp³-hybridized carbons (Fsp3) is 0.444. The van der Waals surface area contributed by atoms with Crippen molar-refractivity contribution < 1.29 is 9.53 Å². The summed E-state index contributed by atoms with van der Waals surface area (Å²) in [6.07, 6.45) is 0. The van der Waals surface area contributed by atoms with E-state index in [0.717, 1.165) is 33.8 Å². The number of aromatic nitrogens is 2. The Hall–Kier alpha value is -2.34. The number of hydrogen-bond acceptors (Lipinski definition) is 3. The fourth-order valence-corrected chi connectivity index (χ4v) is 2.59. The lowest BCUT2D eigenvalue weighted by atomic mass is 10.1. The van der Waals surface area contributed by atoms with Gasteiger partial charge in [0.05, 0.1) is 18.8 Å². The number of benzene rings is 1. The van der Waals surface area contributed by atoms with Crippen LogP contribution in [-0.2, 0) is 17.8 Å². The van der Waals surface area contributed by atoms with E-state index in [1.807, 2.05) is 50.6 Å². The Balaban J connectivity index is 1.99. The minimum Gasteiger partial charge on any atom is -0.383 e. The summed E-state index contributed by atoms with van der Waals surface area (Å²) >= 11 is 0. The lowest BCUT2D eigenvalue weighted by Gasteiger charge is -2.11. The molecule has 1 aromatic heterocycles. The Morgan fingerprint density at radius 3 is 2.71 bits per heavy atom. The molecule has 0 unspecified atom stereocenters. The normalized spacial score (nSPS) is 10.7. The van der Waals surface area contributed by atoms with E-state index in [0.29, 0.717) is 19.7 Å². The minimum atomic E-state index is -0.216. The number of anilines is 1. The van der Waals surface area contributed by atoms with Gasteiger partial charge in [0, 0.05) is 30.6 Å². The monoisotopic (exact) mass is 330 g/mol. The van der Waals surface area contributed by atoms with Gasteiger partial charge >= 0.3 is 6.03 Å². The predicted octanol–water partition coefficient (Wildman–Crippen LogP) is 3.08. The van der Waals surface area contributed by atoms with Crippen LogP contribution in [-0.4, -0.2) is 29.5 Å². The number of carbonyl (C=O) groups excluding carboxylic acids is 1. The Morgan fingerprint density at radius 1 is 1.25 bits per heavy atom. The zero-order valence-corrected chi connectivity index (χ0v) is 15.1. The molecule has 6 nitrogen and oxygen atoms in total. The molecule has 2 N–H and O–H groups in total. The first-order chi connectivity index (χ1) is 11.4. The number of carbonyl (C=O) groups is 1. The maximum atomic E-state index is 12.2. The van der Waals surface area contributed by atoms with Gasteiger partial charge < -0.3 is 15.4 Å². The molecule has 0 aliphatic heterocycles. The maximum absolute atomic E-state index is 12.2. The van der Waals surface area contributed by atoms with Crippen LogP contribution < -0.4 is 10.6 Å². The van der Waals surface area contributed by atoms with Gasteiger partial charge in [0.1, 0.15) is 0 Å². The minimum absolute atomic E-state index is 0.216. The van der Waals surface area contributed by atoms with Crippen molar-refractivity contribution in [3.63, 3.8) is 0 Å². The van der Waals surface area contributed by atoms with Crippen molar-refractivity contribution in [2.75, 3.05) is 19.0 Å². The highest BCUT2D eigenvalue weighted by atomic mass is 16.5. The van der Waals surface area contributed by atoms with Crippen LogP contribution in [0.1, 0.15) is 28.1 Å². The standard InChI is InChI=1S/C18H26N4O2/c1-12-6-7-13(2)17(10-12)20-18(23)19-11-16-14(3)21-22(15(16)4)8-9-24-5/h6-7,10H,8-9,11H2,1-5H3,(H2,19,20,23). The Morgan fingerprint density at radius 2 is 2.00 bits per heavy atom. The summed E-state index contributed by atoms with van der Waals surface area (Å²) in [5, 5.41) is 10.3. The van der Waals surface area contributed by atoms with E-state index >= 15 is 0 Å². The van der Waals surface area contributed by atoms with Crippen LogP contribution in [0.2, 0.25) is 0 Å². The number of rotatable bonds is 6.